The average molecular weight is 731 g/mol. The first kappa shape index (κ1) is 37.8. The van der Waals surface area contributed by atoms with Crippen molar-refractivity contribution in [3.8, 4) is 5.75 Å². The Balaban J connectivity index is 2.68. The molecule has 10 nitrogen and oxygen atoms in total. The quantitative estimate of drug-likeness (QED) is 0.227. The van der Waals surface area contributed by atoms with Gasteiger partial charge in [-0.2, -0.15) is 47.9 Å². The molecule has 0 aliphatic rings. The number of hydrogen-bond acceptors (Lipinski definition) is 9. The lowest BCUT2D eigenvalue weighted by molar-refractivity contribution is -0.245. The highest BCUT2D eigenvalue weighted by Crippen LogP contribution is 2.58. The third-order valence-corrected chi connectivity index (χ3v) is 13.6. The van der Waals surface area contributed by atoms with E-state index in [-0.39, 0.29) is 10.3 Å². The second kappa shape index (κ2) is 11.8. The van der Waals surface area contributed by atoms with Crippen molar-refractivity contribution in [2.24, 2.45) is 5.92 Å². The highest BCUT2D eigenvalue weighted by Gasteiger charge is 2.81. The maximum Gasteiger partial charge on any atom is 0.480 e. The van der Waals surface area contributed by atoms with Gasteiger partial charge in [0.05, 0.1) is 5.94 Å². The Bertz CT molecular complexity index is 1760. The van der Waals surface area contributed by atoms with Gasteiger partial charge in [-0.3, -0.25) is 4.79 Å². The lowest BCUT2D eigenvalue weighted by Gasteiger charge is -2.36. The maximum absolute atomic E-state index is 14.6. The van der Waals surface area contributed by atoms with Crippen molar-refractivity contribution in [1.29, 1.82) is 0 Å². The van der Waals surface area contributed by atoms with Gasteiger partial charge in [-0.05, 0) is 30.2 Å². The van der Waals surface area contributed by atoms with Crippen LogP contribution in [-0.2, 0) is 35.0 Å². The average Bonchev–Trinajstić information content (AvgIpc) is 2.90. The molecule has 0 spiro atoms. The number of aliphatic hydroxyl groups is 1. The number of rotatable bonds is 12. The minimum atomic E-state index is -8.07. The van der Waals surface area contributed by atoms with Gasteiger partial charge in [0, 0.05) is 16.2 Å². The van der Waals surface area contributed by atoms with Crippen LogP contribution in [0, 0.1) is 5.92 Å². The van der Waals surface area contributed by atoms with Crippen LogP contribution in [0.3, 0.4) is 0 Å². The third kappa shape index (κ3) is 6.09. The summed E-state index contributed by atoms with van der Waals surface area (Å²) in [7, 11) is -25.8. The summed E-state index contributed by atoms with van der Waals surface area (Å²) >= 11 is 0. The van der Waals surface area contributed by atoms with E-state index in [9.17, 15) is 74.7 Å². The van der Waals surface area contributed by atoms with Crippen LogP contribution in [0.25, 0.3) is 14.9 Å². The molecular formula is C21H21F9NO9S4-. The normalized spacial score (nSPS) is 17.1. The van der Waals surface area contributed by atoms with Gasteiger partial charge < -0.3 is 13.4 Å². The van der Waals surface area contributed by atoms with Gasteiger partial charge in [0.1, 0.15) is 0 Å². The number of benzene rings is 2. The molecule has 0 bridgehead atoms. The number of carbonyl (C=O) groups is 1. The van der Waals surface area contributed by atoms with Crippen molar-refractivity contribution in [2.45, 2.75) is 47.1 Å². The molecular weight excluding hydrogens is 709 g/mol. The van der Waals surface area contributed by atoms with E-state index in [2.05, 4.69) is 4.18 Å². The van der Waals surface area contributed by atoms with Gasteiger partial charge >= 0.3 is 32.1 Å². The number of nitrogens with zero attached hydrogens (tertiary/aromatic N) is 1. The lowest BCUT2D eigenvalue weighted by Crippen LogP contribution is -2.61. The van der Waals surface area contributed by atoms with E-state index < -0.39 is 90.2 Å². The number of alkyl halides is 9. The molecule has 252 valence electrons. The van der Waals surface area contributed by atoms with Crippen molar-refractivity contribution >= 4 is 56.1 Å². The molecule has 0 amide bonds. The molecule has 44 heavy (non-hydrogen) atoms. The molecule has 0 heterocycles. The highest BCUT2D eigenvalue weighted by atomic mass is 32.3. The molecule has 0 saturated carbocycles. The third-order valence-electron chi connectivity index (χ3n) is 6.10. The van der Waals surface area contributed by atoms with Crippen LogP contribution in [0.15, 0.2) is 41.3 Å². The van der Waals surface area contributed by atoms with Crippen LogP contribution in [-0.4, -0.2) is 69.6 Å². The Hall–Kier alpha value is -2.34. The predicted octanol–water partition coefficient (Wildman–Crippen LogP) is 5.24. The number of halogens is 9. The zero-order valence-corrected chi connectivity index (χ0v) is 25.4. The van der Waals surface area contributed by atoms with Crippen LogP contribution in [0.5, 0.6) is 5.75 Å². The maximum atomic E-state index is 14.6. The smallest absolute Gasteiger partial charge is 0.423 e. The molecule has 2 atom stereocenters. The molecule has 23 heteroatoms. The molecule has 0 aromatic heterocycles. The van der Waals surface area contributed by atoms with Gasteiger partial charge in [-0.1, -0.05) is 38.1 Å². The Labute approximate surface area is 246 Å². The zero-order valence-electron chi connectivity index (χ0n) is 22.2. The number of carbonyl (C=O) groups excluding carboxylic acids is 1. The number of sulfonamides is 2. The molecule has 2 rings (SSSR count). The van der Waals surface area contributed by atoms with Crippen LogP contribution < -0.4 is 4.18 Å². The molecule has 1 N–H and O–H groups in total. The van der Waals surface area contributed by atoms with Crippen LogP contribution in [0.2, 0.25) is 0 Å². The van der Waals surface area contributed by atoms with Crippen molar-refractivity contribution in [1.82, 2.24) is 0 Å². The summed E-state index contributed by atoms with van der Waals surface area (Å²) in [6.07, 6.45) is 1.69. The first-order chi connectivity index (χ1) is 19.6. The first-order valence-electron chi connectivity index (χ1n) is 11.4. The predicted molar refractivity (Wildman–Crippen MR) is 139 cm³/mol. The number of aliphatic hydroxyl groups excluding tert-OH is 1. The molecule has 2 aromatic carbocycles. The monoisotopic (exact) mass is 730 g/mol. The van der Waals surface area contributed by atoms with E-state index in [4.69, 9.17) is 0 Å². The number of fused-ring (bicyclic) bond motifs is 1. The van der Waals surface area contributed by atoms with E-state index in [1.807, 2.05) is 0 Å². The Morgan fingerprint density at radius 2 is 1.34 bits per heavy atom. The van der Waals surface area contributed by atoms with Crippen LogP contribution in [0.4, 0.5) is 39.5 Å². The SMILES string of the molecule is CCC(C)C(=O)S(C)(CO)c1ccc(OS(=O)(=O)C(F)(F)C(F)(F)C(F)(F)S(=O)(=O)[N-]S(=O)(=O)C(F)(F)F)c2ccccc12. The van der Waals surface area contributed by atoms with E-state index in [1.54, 1.807) is 13.8 Å². The van der Waals surface area contributed by atoms with Gasteiger partial charge in [-0.15, -0.1) is 10.0 Å². The minimum Gasteiger partial charge on any atom is -0.423 e. The van der Waals surface area contributed by atoms with Crippen molar-refractivity contribution in [2.75, 3.05) is 12.2 Å². The minimum absolute atomic E-state index is 0.0489. The van der Waals surface area contributed by atoms with Crippen molar-refractivity contribution in [3.05, 3.63) is 40.5 Å². The van der Waals surface area contributed by atoms with E-state index in [0.717, 1.165) is 18.2 Å². The van der Waals surface area contributed by atoms with E-state index in [0.29, 0.717) is 16.6 Å². The summed E-state index contributed by atoms with van der Waals surface area (Å²) in [5, 5.41) is -5.83. The second-order valence-electron chi connectivity index (χ2n) is 9.07. The molecule has 0 fully saturated rings. The zero-order chi connectivity index (χ0) is 34.5. The van der Waals surface area contributed by atoms with Crippen LogP contribution in [0.1, 0.15) is 20.3 Å². The Morgan fingerprint density at radius 3 is 1.80 bits per heavy atom. The van der Waals surface area contributed by atoms with E-state index >= 15 is 0 Å². The van der Waals surface area contributed by atoms with Crippen molar-refractivity contribution < 1.29 is 78.9 Å². The molecule has 0 aliphatic heterocycles. The van der Waals surface area contributed by atoms with Gasteiger partial charge in [0.25, 0.3) is 0 Å². The Morgan fingerprint density at radius 1 is 0.841 bits per heavy atom. The number of hydrogen-bond donors (Lipinski definition) is 1. The summed E-state index contributed by atoms with van der Waals surface area (Å²) < 4.78 is 197. The van der Waals surface area contributed by atoms with Gasteiger partial charge in [0.15, 0.2) is 30.9 Å². The van der Waals surface area contributed by atoms with Crippen molar-refractivity contribution in [3.63, 3.8) is 0 Å². The standard InChI is InChI=1S/C21H21F9NO9S4/c1-4-12(2)17(33)41(3,11-32)16-10-9-15(13-7-5-6-8-14(13)16)40-44(38,39)20(26,27)18(22,23)19(24,25)42(34,35)31-43(36,37)21(28,29)30/h5-10,12,32H,4,11H2,1-3H3/q-1. The summed E-state index contributed by atoms with van der Waals surface area (Å²) in [5.74, 6) is -10.3. The fraction of sp³-hybridized carbons (Fsp3) is 0.476. The molecule has 2 unspecified atom stereocenters. The second-order valence-corrected chi connectivity index (χ2v) is 17.4. The highest BCUT2D eigenvalue weighted by molar-refractivity contribution is 8.44. The first-order valence-corrected chi connectivity index (χ1v) is 17.9. The largest absolute Gasteiger partial charge is 0.480 e. The van der Waals surface area contributed by atoms with Crippen LogP contribution >= 0.6 is 10.0 Å². The summed E-state index contributed by atoms with van der Waals surface area (Å²) in [5.41, 5.74) is -6.76. The Kier molecular flexibility index (Phi) is 10.1. The van der Waals surface area contributed by atoms with Gasteiger partial charge in [0.2, 0.25) is 0 Å². The molecule has 0 radical (unpaired) electrons. The molecule has 0 aliphatic carbocycles. The van der Waals surface area contributed by atoms with Gasteiger partial charge in [-0.25, -0.2) is 16.8 Å². The summed E-state index contributed by atoms with van der Waals surface area (Å²) in [6.45, 7) is 3.20. The molecule has 0 saturated heterocycles. The summed E-state index contributed by atoms with van der Waals surface area (Å²) in [4.78, 5) is 13.1. The fourth-order valence-electron chi connectivity index (χ4n) is 3.44. The summed E-state index contributed by atoms with van der Waals surface area (Å²) in [6, 6.07) is 6.05. The molecule has 2 aromatic rings. The topological polar surface area (TPSA) is 163 Å². The van der Waals surface area contributed by atoms with E-state index in [1.165, 1.54) is 18.4 Å². The lowest BCUT2D eigenvalue weighted by atomic mass is 10.1. The fourth-order valence-corrected chi connectivity index (χ4v) is 9.20.